The van der Waals surface area contributed by atoms with Crippen molar-refractivity contribution < 1.29 is 19.8 Å². The Morgan fingerprint density at radius 2 is 1.69 bits per heavy atom. The van der Waals surface area contributed by atoms with Gasteiger partial charge in [0.05, 0.1) is 13.1 Å². The third-order valence-corrected chi connectivity index (χ3v) is 8.14. The molecule has 1 fully saturated rings. The molecule has 1 aliphatic carbocycles. The second kappa shape index (κ2) is 13.5. The smallest absolute Gasteiger partial charge is 0.339 e. The van der Waals surface area contributed by atoms with Crippen LogP contribution < -0.4 is 4.90 Å². The van der Waals surface area contributed by atoms with Gasteiger partial charge >= 0.3 is 5.97 Å². The highest BCUT2D eigenvalue weighted by atomic mass is 32.2. The van der Waals surface area contributed by atoms with E-state index in [0.29, 0.717) is 24.7 Å². The van der Waals surface area contributed by atoms with Crippen LogP contribution >= 0.6 is 11.9 Å². The summed E-state index contributed by atoms with van der Waals surface area (Å²) in [5, 5.41) is 19.7. The van der Waals surface area contributed by atoms with Crippen molar-refractivity contribution in [3.8, 4) is 5.75 Å². The van der Waals surface area contributed by atoms with Gasteiger partial charge in [-0.2, -0.15) is 0 Å². The third-order valence-electron chi connectivity index (χ3n) is 7.12. The van der Waals surface area contributed by atoms with E-state index in [1.54, 1.807) is 17.0 Å². The van der Waals surface area contributed by atoms with Crippen LogP contribution in [0.1, 0.15) is 65.1 Å². The predicted molar refractivity (Wildman–Crippen MR) is 157 cm³/mol. The van der Waals surface area contributed by atoms with Crippen molar-refractivity contribution >= 4 is 29.5 Å². The van der Waals surface area contributed by atoms with Crippen LogP contribution in [0.5, 0.6) is 5.75 Å². The van der Waals surface area contributed by atoms with Crippen molar-refractivity contribution in [2.45, 2.75) is 56.4 Å². The van der Waals surface area contributed by atoms with Crippen molar-refractivity contribution in [1.29, 1.82) is 0 Å². The Hall–Kier alpha value is -3.55. The number of anilines is 1. The molecular formula is C32H36N2O4S. The van der Waals surface area contributed by atoms with Gasteiger partial charge in [-0.3, -0.25) is 4.79 Å². The van der Waals surface area contributed by atoms with Crippen molar-refractivity contribution in [3.63, 3.8) is 0 Å². The molecule has 1 amide bonds. The molecule has 0 atom stereocenters. The molecule has 3 aromatic carbocycles. The van der Waals surface area contributed by atoms with Crippen LogP contribution in [0, 0.1) is 6.92 Å². The van der Waals surface area contributed by atoms with E-state index < -0.39 is 5.97 Å². The van der Waals surface area contributed by atoms with Gasteiger partial charge in [0.25, 0.3) is 0 Å². The molecule has 204 valence electrons. The summed E-state index contributed by atoms with van der Waals surface area (Å²) in [7, 11) is 0. The number of carbonyl (C=O) groups excluding carboxylic acids is 1. The summed E-state index contributed by atoms with van der Waals surface area (Å²) in [6, 6.07) is 20.8. The summed E-state index contributed by atoms with van der Waals surface area (Å²) in [4.78, 5) is 27.8. The van der Waals surface area contributed by atoms with E-state index in [1.807, 2.05) is 35.5 Å². The van der Waals surface area contributed by atoms with Gasteiger partial charge in [-0.05, 0) is 73.0 Å². The second-order valence-electron chi connectivity index (χ2n) is 10.1. The number of carboxylic acids is 1. The van der Waals surface area contributed by atoms with Crippen molar-refractivity contribution in [3.05, 3.63) is 102 Å². The number of carboxylic acid groups (broad SMARTS) is 1. The fourth-order valence-electron chi connectivity index (χ4n) is 4.97. The van der Waals surface area contributed by atoms with Crippen molar-refractivity contribution in [1.82, 2.24) is 4.31 Å². The lowest BCUT2D eigenvalue weighted by Crippen LogP contribution is -2.38. The molecule has 4 rings (SSSR count). The molecule has 0 bridgehead atoms. The number of hydrogen-bond acceptors (Lipinski definition) is 5. The van der Waals surface area contributed by atoms with Crippen LogP contribution in [0.2, 0.25) is 0 Å². The number of aromatic hydroxyl groups is 1. The quantitative estimate of drug-likeness (QED) is 0.197. The number of aryl methyl sites for hydroxylation is 1. The number of rotatable bonds is 11. The molecule has 0 saturated heterocycles. The lowest BCUT2D eigenvalue weighted by atomic mass is 9.84. The Bertz CT molecular complexity index is 1280. The van der Waals surface area contributed by atoms with Crippen LogP contribution in [0.25, 0.3) is 0 Å². The molecule has 0 aliphatic heterocycles. The van der Waals surface area contributed by atoms with E-state index in [-0.39, 0.29) is 23.8 Å². The van der Waals surface area contributed by atoms with Crippen LogP contribution in [-0.4, -0.2) is 39.5 Å². The van der Waals surface area contributed by atoms with E-state index in [0.717, 1.165) is 16.0 Å². The van der Waals surface area contributed by atoms with Crippen LogP contribution in [0.3, 0.4) is 0 Å². The fraction of sp³-hybridized carbons (Fsp3) is 0.312. The maximum absolute atomic E-state index is 13.8. The first-order chi connectivity index (χ1) is 18.8. The van der Waals surface area contributed by atoms with Gasteiger partial charge in [0.15, 0.2) is 0 Å². The van der Waals surface area contributed by atoms with Crippen LogP contribution in [0.15, 0.2) is 84.3 Å². The second-order valence-corrected chi connectivity index (χ2v) is 11.2. The standard InChI is InChI=1S/C32H36N2O4S/c1-3-19-33(39-28-16-9-23(2)10-17-28)22-31(36)34(27-15-18-29(32(37)38)30(35)20-27)21-24-11-13-26(14-12-24)25-7-5-4-6-8-25/h3,9-18,20,25,35H,1,4-8,19,21-22H2,2H3,(H,37,38). The minimum absolute atomic E-state index is 0.103. The molecule has 2 N–H and O–H groups in total. The molecule has 3 aromatic rings. The maximum Gasteiger partial charge on any atom is 0.339 e. The number of carbonyl (C=O) groups is 2. The zero-order chi connectivity index (χ0) is 27.8. The van der Waals surface area contributed by atoms with Crippen molar-refractivity contribution in [2.24, 2.45) is 0 Å². The average molecular weight is 545 g/mol. The normalized spacial score (nSPS) is 13.8. The first-order valence-electron chi connectivity index (χ1n) is 13.4. The minimum atomic E-state index is -1.22. The SMILES string of the molecule is C=CCN(CC(=O)N(Cc1ccc(C2CCCCC2)cc1)c1ccc(C(=O)O)c(O)c1)Sc1ccc(C)cc1. The number of aromatic carboxylic acids is 1. The van der Waals surface area contributed by atoms with Gasteiger partial charge in [-0.15, -0.1) is 6.58 Å². The average Bonchev–Trinajstić information content (AvgIpc) is 2.93. The zero-order valence-corrected chi connectivity index (χ0v) is 23.2. The molecule has 0 unspecified atom stereocenters. The number of benzene rings is 3. The highest BCUT2D eigenvalue weighted by Crippen LogP contribution is 2.33. The number of hydrogen-bond donors (Lipinski definition) is 2. The molecule has 0 heterocycles. The van der Waals surface area contributed by atoms with Gasteiger partial charge in [0, 0.05) is 23.2 Å². The molecular weight excluding hydrogens is 508 g/mol. The summed E-state index contributed by atoms with van der Waals surface area (Å²) in [6.45, 7) is 6.78. The summed E-state index contributed by atoms with van der Waals surface area (Å²) in [6.07, 6.45) is 8.05. The lowest BCUT2D eigenvalue weighted by Gasteiger charge is -2.27. The molecule has 0 radical (unpaired) electrons. The summed E-state index contributed by atoms with van der Waals surface area (Å²) in [5.41, 5.74) is 3.71. The van der Waals surface area contributed by atoms with E-state index in [9.17, 15) is 19.8 Å². The Labute approximate surface area is 235 Å². The van der Waals surface area contributed by atoms with Crippen molar-refractivity contribution in [2.75, 3.05) is 18.0 Å². The molecule has 1 saturated carbocycles. The summed E-state index contributed by atoms with van der Waals surface area (Å²) in [5.74, 6) is -1.17. The van der Waals surface area contributed by atoms with E-state index >= 15 is 0 Å². The molecule has 1 aliphatic rings. The van der Waals surface area contributed by atoms with Gasteiger partial charge in [-0.1, -0.05) is 67.3 Å². The summed E-state index contributed by atoms with van der Waals surface area (Å²) >= 11 is 1.48. The first kappa shape index (κ1) is 28.5. The van der Waals surface area contributed by atoms with Gasteiger partial charge in [0.2, 0.25) is 5.91 Å². The fourth-order valence-corrected chi connectivity index (χ4v) is 5.88. The van der Waals surface area contributed by atoms with Gasteiger partial charge in [-0.25, -0.2) is 9.10 Å². The number of nitrogens with zero attached hydrogens (tertiary/aromatic N) is 2. The molecule has 7 heteroatoms. The third kappa shape index (κ3) is 7.74. The molecule has 39 heavy (non-hydrogen) atoms. The predicted octanol–water partition coefficient (Wildman–Crippen LogP) is 7.18. The Balaban J connectivity index is 1.57. The van der Waals surface area contributed by atoms with E-state index in [1.165, 1.54) is 61.7 Å². The van der Waals surface area contributed by atoms with Gasteiger partial charge < -0.3 is 15.1 Å². The Morgan fingerprint density at radius 3 is 2.31 bits per heavy atom. The zero-order valence-electron chi connectivity index (χ0n) is 22.4. The minimum Gasteiger partial charge on any atom is -0.507 e. The highest BCUT2D eigenvalue weighted by molar-refractivity contribution is 7.97. The Morgan fingerprint density at radius 1 is 1.00 bits per heavy atom. The lowest BCUT2D eigenvalue weighted by molar-refractivity contribution is -0.118. The van der Waals surface area contributed by atoms with Gasteiger partial charge in [0.1, 0.15) is 11.3 Å². The molecule has 0 aromatic heterocycles. The van der Waals surface area contributed by atoms with Crippen LogP contribution in [0.4, 0.5) is 5.69 Å². The largest absolute Gasteiger partial charge is 0.507 e. The summed E-state index contributed by atoms with van der Waals surface area (Å²) < 4.78 is 1.94. The van der Waals surface area contributed by atoms with E-state index in [4.69, 9.17) is 0 Å². The first-order valence-corrected chi connectivity index (χ1v) is 14.2. The molecule has 6 nitrogen and oxygen atoms in total. The highest BCUT2D eigenvalue weighted by Gasteiger charge is 2.22. The maximum atomic E-state index is 13.8. The number of amides is 1. The molecule has 0 spiro atoms. The van der Waals surface area contributed by atoms with E-state index in [2.05, 4.69) is 30.8 Å². The number of phenols is 1. The Kier molecular flexibility index (Phi) is 9.85. The topological polar surface area (TPSA) is 81.1 Å². The monoisotopic (exact) mass is 544 g/mol. The van der Waals surface area contributed by atoms with Crippen LogP contribution in [-0.2, 0) is 11.3 Å².